The summed E-state index contributed by atoms with van der Waals surface area (Å²) in [5, 5.41) is 0. The fourth-order valence-electron chi connectivity index (χ4n) is 2.87. The first-order valence-electron chi connectivity index (χ1n) is 7.60. The van der Waals surface area contributed by atoms with E-state index >= 15 is 0 Å². The zero-order chi connectivity index (χ0) is 15.4. The third kappa shape index (κ3) is 3.08. The lowest BCUT2D eigenvalue weighted by molar-refractivity contribution is -0.122. The minimum atomic E-state index is -0.0113. The van der Waals surface area contributed by atoms with Gasteiger partial charge in [-0.1, -0.05) is 18.2 Å². The third-order valence-corrected chi connectivity index (χ3v) is 4.08. The van der Waals surface area contributed by atoms with Crippen molar-refractivity contribution in [2.45, 2.75) is 12.8 Å². The first-order valence-corrected chi connectivity index (χ1v) is 7.60. The zero-order valence-electron chi connectivity index (χ0n) is 12.7. The number of hydrogen-bond donors (Lipinski definition) is 0. The zero-order valence-corrected chi connectivity index (χ0v) is 12.7. The smallest absolute Gasteiger partial charge is 0.231 e. The number of carbonyl (C=O) groups excluding carboxylic acids is 1. The van der Waals surface area contributed by atoms with Gasteiger partial charge in [-0.05, 0) is 31.0 Å². The van der Waals surface area contributed by atoms with Gasteiger partial charge >= 0.3 is 0 Å². The molecule has 3 rings (SSSR count). The van der Waals surface area contributed by atoms with Gasteiger partial charge in [-0.3, -0.25) is 4.79 Å². The van der Waals surface area contributed by atoms with Gasteiger partial charge in [0.25, 0.3) is 0 Å². The van der Waals surface area contributed by atoms with E-state index in [-0.39, 0.29) is 11.8 Å². The van der Waals surface area contributed by atoms with Crippen LogP contribution in [0, 0.1) is 5.92 Å². The van der Waals surface area contributed by atoms with Crippen molar-refractivity contribution in [2.75, 3.05) is 29.9 Å². The largest absolute Gasteiger partial charge is 0.340 e. The molecule has 5 heteroatoms. The molecule has 1 aliphatic rings. The minimum absolute atomic E-state index is 0.0113. The highest BCUT2D eigenvalue weighted by atomic mass is 16.2. The van der Waals surface area contributed by atoms with E-state index < -0.39 is 0 Å². The van der Waals surface area contributed by atoms with Crippen LogP contribution in [0.3, 0.4) is 0 Å². The summed E-state index contributed by atoms with van der Waals surface area (Å²) in [6.45, 7) is 1.59. The molecule has 0 aliphatic carbocycles. The molecule has 0 bridgehead atoms. The molecule has 0 spiro atoms. The average molecular weight is 296 g/mol. The van der Waals surface area contributed by atoms with Crippen molar-refractivity contribution in [1.82, 2.24) is 9.97 Å². The number of rotatable bonds is 3. The molecule has 1 atom stereocenters. The predicted octanol–water partition coefficient (Wildman–Crippen LogP) is 2.36. The van der Waals surface area contributed by atoms with Crippen LogP contribution in [0.5, 0.6) is 0 Å². The van der Waals surface area contributed by atoms with Crippen molar-refractivity contribution < 1.29 is 4.79 Å². The Labute approximate surface area is 130 Å². The number of piperidine rings is 1. The van der Waals surface area contributed by atoms with E-state index in [1.54, 1.807) is 23.4 Å². The summed E-state index contributed by atoms with van der Waals surface area (Å²) in [4.78, 5) is 25.2. The van der Waals surface area contributed by atoms with Crippen LogP contribution >= 0.6 is 0 Å². The lowest BCUT2D eigenvalue weighted by Crippen LogP contribution is -2.44. The second-order valence-electron chi connectivity index (χ2n) is 5.57. The van der Waals surface area contributed by atoms with Crippen LogP contribution in [-0.4, -0.2) is 36.0 Å². The Balaban J connectivity index is 1.70. The molecule has 5 nitrogen and oxygen atoms in total. The van der Waals surface area contributed by atoms with Crippen LogP contribution < -0.4 is 9.80 Å². The highest BCUT2D eigenvalue weighted by Crippen LogP contribution is 2.23. The second kappa shape index (κ2) is 6.56. The summed E-state index contributed by atoms with van der Waals surface area (Å²) in [6, 6.07) is 11.6. The number of amides is 1. The molecule has 0 N–H and O–H groups in total. The van der Waals surface area contributed by atoms with Gasteiger partial charge in [-0.2, -0.15) is 0 Å². The SMILES string of the molecule is CN(C(=O)C1CCCN(c2ncccn2)C1)c1ccccc1. The number of anilines is 2. The van der Waals surface area contributed by atoms with E-state index in [9.17, 15) is 4.79 Å². The Hall–Kier alpha value is -2.43. The van der Waals surface area contributed by atoms with Crippen LogP contribution in [0.25, 0.3) is 0 Å². The first-order chi connectivity index (χ1) is 10.8. The molecule has 1 amide bonds. The van der Waals surface area contributed by atoms with E-state index in [2.05, 4.69) is 14.9 Å². The number of benzene rings is 1. The molecule has 2 heterocycles. The van der Waals surface area contributed by atoms with Gasteiger partial charge in [0, 0.05) is 38.2 Å². The summed E-state index contributed by atoms with van der Waals surface area (Å²) in [5.41, 5.74) is 0.931. The van der Waals surface area contributed by atoms with Crippen molar-refractivity contribution in [3.8, 4) is 0 Å². The molecule has 1 unspecified atom stereocenters. The Bertz CT molecular complexity index is 617. The monoisotopic (exact) mass is 296 g/mol. The Kier molecular flexibility index (Phi) is 4.32. The number of hydrogen-bond acceptors (Lipinski definition) is 4. The predicted molar refractivity (Wildman–Crippen MR) is 86.8 cm³/mol. The van der Waals surface area contributed by atoms with Crippen LogP contribution in [-0.2, 0) is 4.79 Å². The van der Waals surface area contributed by atoms with Crippen LogP contribution in [0.2, 0.25) is 0 Å². The van der Waals surface area contributed by atoms with E-state index in [0.717, 1.165) is 25.1 Å². The summed E-state index contributed by atoms with van der Waals surface area (Å²) in [7, 11) is 1.84. The molecular weight excluding hydrogens is 276 g/mol. The Morgan fingerprint density at radius 3 is 2.64 bits per heavy atom. The topological polar surface area (TPSA) is 49.3 Å². The molecule has 2 aromatic rings. The third-order valence-electron chi connectivity index (χ3n) is 4.08. The van der Waals surface area contributed by atoms with Crippen molar-refractivity contribution in [1.29, 1.82) is 0 Å². The molecule has 1 aromatic carbocycles. The molecule has 22 heavy (non-hydrogen) atoms. The van der Waals surface area contributed by atoms with Gasteiger partial charge < -0.3 is 9.80 Å². The van der Waals surface area contributed by atoms with E-state index in [4.69, 9.17) is 0 Å². The summed E-state index contributed by atoms with van der Waals surface area (Å²) in [5.74, 6) is 0.858. The maximum absolute atomic E-state index is 12.7. The molecular formula is C17H20N4O. The fourth-order valence-corrected chi connectivity index (χ4v) is 2.87. The quantitative estimate of drug-likeness (QED) is 0.872. The number of carbonyl (C=O) groups is 1. The summed E-state index contributed by atoms with van der Waals surface area (Å²) < 4.78 is 0. The lowest BCUT2D eigenvalue weighted by atomic mass is 9.96. The highest BCUT2D eigenvalue weighted by molar-refractivity contribution is 5.94. The van der Waals surface area contributed by atoms with Gasteiger partial charge in [-0.15, -0.1) is 0 Å². The van der Waals surface area contributed by atoms with Crippen molar-refractivity contribution in [3.05, 3.63) is 48.8 Å². The number of nitrogens with zero attached hydrogens (tertiary/aromatic N) is 4. The van der Waals surface area contributed by atoms with E-state index in [1.807, 2.05) is 37.4 Å². The highest BCUT2D eigenvalue weighted by Gasteiger charge is 2.29. The van der Waals surface area contributed by atoms with Gasteiger partial charge in [0.15, 0.2) is 0 Å². The lowest BCUT2D eigenvalue weighted by Gasteiger charge is -2.33. The van der Waals surface area contributed by atoms with Crippen molar-refractivity contribution in [2.24, 2.45) is 5.92 Å². The van der Waals surface area contributed by atoms with Gasteiger partial charge in [0.2, 0.25) is 11.9 Å². The fraction of sp³-hybridized carbons (Fsp3) is 0.353. The van der Waals surface area contributed by atoms with Gasteiger partial charge in [0.05, 0.1) is 5.92 Å². The molecule has 1 saturated heterocycles. The van der Waals surface area contributed by atoms with Crippen molar-refractivity contribution >= 4 is 17.5 Å². The van der Waals surface area contributed by atoms with Crippen LogP contribution in [0.15, 0.2) is 48.8 Å². The minimum Gasteiger partial charge on any atom is -0.340 e. The van der Waals surface area contributed by atoms with E-state index in [1.165, 1.54) is 0 Å². The Morgan fingerprint density at radius 1 is 1.18 bits per heavy atom. The number of para-hydroxylation sites is 1. The van der Waals surface area contributed by atoms with Gasteiger partial charge in [0.1, 0.15) is 0 Å². The first kappa shape index (κ1) is 14.5. The molecule has 114 valence electrons. The second-order valence-corrected chi connectivity index (χ2v) is 5.57. The molecule has 1 aliphatic heterocycles. The van der Waals surface area contributed by atoms with Crippen LogP contribution in [0.4, 0.5) is 11.6 Å². The van der Waals surface area contributed by atoms with Gasteiger partial charge in [-0.25, -0.2) is 9.97 Å². The normalized spacial score (nSPS) is 18.0. The molecule has 1 fully saturated rings. The molecule has 0 radical (unpaired) electrons. The Morgan fingerprint density at radius 2 is 1.91 bits per heavy atom. The average Bonchev–Trinajstić information content (AvgIpc) is 2.62. The van der Waals surface area contributed by atoms with Crippen molar-refractivity contribution in [3.63, 3.8) is 0 Å². The van der Waals surface area contributed by atoms with E-state index in [0.29, 0.717) is 12.5 Å². The maximum atomic E-state index is 12.7. The maximum Gasteiger partial charge on any atom is 0.231 e. The summed E-state index contributed by atoms with van der Waals surface area (Å²) >= 11 is 0. The van der Waals surface area contributed by atoms with Crippen LogP contribution in [0.1, 0.15) is 12.8 Å². The standard InChI is InChI=1S/C17H20N4O/c1-20(15-8-3-2-4-9-15)16(22)14-7-5-12-21(13-14)17-18-10-6-11-19-17/h2-4,6,8-11,14H,5,7,12-13H2,1H3. The summed E-state index contributed by atoms with van der Waals surface area (Å²) in [6.07, 6.45) is 5.38. The molecule has 1 aromatic heterocycles. The molecule has 0 saturated carbocycles. The number of aromatic nitrogens is 2.